The minimum atomic E-state index is -0.741. The van der Waals surface area contributed by atoms with Crippen molar-refractivity contribution >= 4 is 6.01 Å². The summed E-state index contributed by atoms with van der Waals surface area (Å²) in [5.74, 6) is 0.600. The van der Waals surface area contributed by atoms with Crippen LogP contribution in [0.3, 0.4) is 0 Å². The zero-order valence-corrected chi connectivity index (χ0v) is 10.5. The average Bonchev–Trinajstić information content (AvgIpc) is 2.82. The van der Waals surface area contributed by atoms with E-state index in [0.717, 1.165) is 0 Å². The van der Waals surface area contributed by atoms with Crippen LogP contribution in [-0.2, 0) is 5.41 Å². The molecule has 0 aliphatic carbocycles. The second-order valence-corrected chi connectivity index (χ2v) is 5.48. The standard InChI is InChI=1S/C11H19FN4O/c1-11(2,3)9-15-16-10(17-9)14-6-8-4-7(12)5-13-8/h7-8,13H,4-6H2,1-3H3,(H,14,16)/t7-,8-/m0/s1. The maximum absolute atomic E-state index is 12.9. The van der Waals surface area contributed by atoms with Gasteiger partial charge >= 0.3 is 6.01 Å². The number of aromatic nitrogens is 2. The summed E-state index contributed by atoms with van der Waals surface area (Å²) >= 11 is 0. The molecule has 0 saturated carbocycles. The van der Waals surface area contributed by atoms with Crippen molar-refractivity contribution in [1.82, 2.24) is 15.5 Å². The summed E-state index contributed by atoms with van der Waals surface area (Å²) in [6.07, 6.45) is -0.206. The number of nitrogens with one attached hydrogen (secondary N) is 2. The minimum absolute atomic E-state index is 0.134. The normalized spacial score (nSPS) is 25.2. The molecular formula is C11H19FN4O. The molecule has 2 N–H and O–H groups in total. The first-order valence-corrected chi connectivity index (χ1v) is 5.90. The molecule has 0 radical (unpaired) electrons. The van der Waals surface area contributed by atoms with Gasteiger partial charge in [-0.25, -0.2) is 4.39 Å². The molecule has 1 aliphatic heterocycles. The summed E-state index contributed by atoms with van der Waals surface area (Å²) in [6, 6.07) is 0.536. The van der Waals surface area contributed by atoms with Crippen LogP contribution in [0.15, 0.2) is 4.42 Å². The summed E-state index contributed by atoms with van der Waals surface area (Å²) in [5.41, 5.74) is -0.150. The SMILES string of the molecule is CC(C)(C)c1nnc(NC[C@@H]2C[C@H](F)CN2)o1. The maximum atomic E-state index is 12.9. The number of halogens is 1. The number of alkyl halides is 1. The number of hydrogen-bond acceptors (Lipinski definition) is 5. The van der Waals surface area contributed by atoms with Gasteiger partial charge in [-0.3, -0.25) is 0 Å². The first-order valence-electron chi connectivity index (χ1n) is 5.90. The quantitative estimate of drug-likeness (QED) is 0.840. The number of nitrogens with zero attached hydrogens (tertiary/aromatic N) is 2. The Kier molecular flexibility index (Phi) is 3.33. The van der Waals surface area contributed by atoms with E-state index in [1.54, 1.807) is 0 Å². The van der Waals surface area contributed by atoms with Crippen molar-refractivity contribution in [2.45, 2.75) is 44.8 Å². The smallest absolute Gasteiger partial charge is 0.315 e. The van der Waals surface area contributed by atoms with Crippen LogP contribution in [0.25, 0.3) is 0 Å². The predicted molar refractivity (Wildman–Crippen MR) is 62.8 cm³/mol. The van der Waals surface area contributed by atoms with Gasteiger partial charge in [0.05, 0.1) is 0 Å². The Bertz CT molecular complexity index is 374. The fraction of sp³-hybridized carbons (Fsp3) is 0.818. The second kappa shape index (κ2) is 4.60. The highest BCUT2D eigenvalue weighted by molar-refractivity contribution is 5.19. The molecule has 17 heavy (non-hydrogen) atoms. The van der Waals surface area contributed by atoms with Crippen LogP contribution in [0.1, 0.15) is 33.1 Å². The highest BCUT2D eigenvalue weighted by atomic mass is 19.1. The molecule has 0 aromatic carbocycles. The van der Waals surface area contributed by atoms with Gasteiger partial charge in [0.2, 0.25) is 5.89 Å². The third kappa shape index (κ3) is 3.15. The second-order valence-electron chi connectivity index (χ2n) is 5.48. The molecule has 0 bridgehead atoms. The Morgan fingerprint density at radius 2 is 2.24 bits per heavy atom. The van der Waals surface area contributed by atoms with Crippen molar-refractivity contribution in [1.29, 1.82) is 0 Å². The Morgan fingerprint density at radius 1 is 1.47 bits per heavy atom. The third-order valence-corrected chi connectivity index (χ3v) is 2.73. The van der Waals surface area contributed by atoms with Crippen LogP contribution in [0.5, 0.6) is 0 Å². The molecule has 0 spiro atoms. The molecule has 1 aromatic heterocycles. The number of anilines is 1. The van der Waals surface area contributed by atoms with Crippen LogP contribution in [0.2, 0.25) is 0 Å². The third-order valence-electron chi connectivity index (χ3n) is 2.73. The van der Waals surface area contributed by atoms with Crippen molar-refractivity contribution in [3.8, 4) is 0 Å². The lowest BCUT2D eigenvalue weighted by atomic mass is 9.97. The van der Waals surface area contributed by atoms with Gasteiger partial charge in [-0.2, -0.15) is 0 Å². The number of hydrogen-bond donors (Lipinski definition) is 2. The van der Waals surface area contributed by atoms with E-state index in [4.69, 9.17) is 4.42 Å². The largest absolute Gasteiger partial charge is 0.408 e. The monoisotopic (exact) mass is 242 g/mol. The molecule has 2 heterocycles. The van der Waals surface area contributed by atoms with E-state index < -0.39 is 6.17 Å². The molecule has 2 atom stereocenters. The van der Waals surface area contributed by atoms with Gasteiger partial charge in [0.1, 0.15) is 6.17 Å². The fourth-order valence-corrected chi connectivity index (χ4v) is 1.73. The molecule has 6 heteroatoms. The van der Waals surface area contributed by atoms with Crippen LogP contribution in [0, 0.1) is 0 Å². The van der Waals surface area contributed by atoms with Crippen LogP contribution in [0.4, 0.5) is 10.4 Å². The zero-order valence-electron chi connectivity index (χ0n) is 10.5. The zero-order chi connectivity index (χ0) is 12.5. The van der Waals surface area contributed by atoms with E-state index in [0.29, 0.717) is 31.4 Å². The van der Waals surface area contributed by atoms with E-state index in [-0.39, 0.29) is 11.5 Å². The van der Waals surface area contributed by atoms with Gasteiger partial charge in [0.25, 0.3) is 0 Å². The highest BCUT2D eigenvalue weighted by Gasteiger charge is 2.24. The lowest BCUT2D eigenvalue weighted by Crippen LogP contribution is -2.29. The van der Waals surface area contributed by atoms with Gasteiger partial charge < -0.3 is 15.1 Å². The molecule has 1 saturated heterocycles. The van der Waals surface area contributed by atoms with Gasteiger partial charge in [-0.1, -0.05) is 25.9 Å². The van der Waals surface area contributed by atoms with Crippen molar-refractivity contribution in [3.63, 3.8) is 0 Å². The Balaban J connectivity index is 1.85. The summed E-state index contributed by atoms with van der Waals surface area (Å²) in [7, 11) is 0. The minimum Gasteiger partial charge on any atom is -0.408 e. The Hall–Kier alpha value is -1.17. The van der Waals surface area contributed by atoms with Crippen LogP contribution >= 0.6 is 0 Å². The van der Waals surface area contributed by atoms with Crippen molar-refractivity contribution in [2.24, 2.45) is 0 Å². The van der Waals surface area contributed by atoms with Crippen molar-refractivity contribution < 1.29 is 8.81 Å². The topological polar surface area (TPSA) is 63.0 Å². The van der Waals surface area contributed by atoms with E-state index in [2.05, 4.69) is 20.8 Å². The molecule has 2 rings (SSSR count). The molecule has 0 unspecified atom stereocenters. The van der Waals surface area contributed by atoms with Crippen molar-refractivity contribution in [2.75, 3.05) is 18.4 Å². The van der Waals surface area contributed by atoms with Gasteiger partial charge in [-0.05, 0) is 6.42 Å². The van der Waals surface area contributed by atoms with E-state index in [9.17, 15) is 4.39 Å². The van der Waals surface area contributed by atoms with Gasteiger partial charge in [0, 0.05) is 24.5 Å². The summed E-state index contributed by atoms with van der Waals surface area (Å²) in [5, 5.41) is 14.0. The van der Waals surface area contributed by atoms with E-state index in [1.807, 2.05) is 20.8 Å². The Labute approximate surface area is 100 Å². The van der Waals surface area contributed by atoms with Crippen molar-refractivity contribution in [3.05, 3.63) is 5.89 Å². The highest BCUT2D eigenvalue weighted by Crippen LogP contribution is 2.22. The lowest BCUT2D eigenvalue weighted by molar-refractivity contribution is 0.356. The molecule has 1 aliphatic rings. The predicted octanol–water partition coefficient (Wildman–Crippen LogP) is 1.48. The molecule has 5 nitrogen and oxygen atoms in total. The van der Waals surface area contributed by atoms with Gasteiger partial charge in [-0.15, -0.1) is 5.10 Å². The number of rotatable bonds is 3. The molecule has 96 valence electrons. The first-order chi connectivity index (χ1) is 7.95. The molecule has 0 amide bonds. The average molecular weight is 242 g/mol. The lowest BCUT2D eigenvalue weighted by Gasteiger charge is -2.11. The fourth-order valence-electron chi connectivity index (χ4n) is 1.73. The molecule has 1 aromatic rings. The maximum Gasteiger partial charge on any atom is 0.315 e. The summed E-state index contributed by atoms with van der Waals surface area (Å²) < 4.78 is 18.4. The van der Waals surface area contributed by atoms with E-state index in [1.165, 1.54) is 0 Å². The first kappa shape index (κ1) is 12.3. The van der Waals surface area contributed by atoms with Crippen LogP contribution < -0.4 is 10.6 Å². The molecule has 1 fully saturated rings. The molecular weight excluding hydrogens is 223 g/mol. The van der Waals surface area contributed by atoms with Crippen LogP contribution in [-0.4, -0.2) is 35.5 Å². The van der Waals surface area contributed by atoms with E-state index >= 15 is 0 Å². The Morgan fingerprint density at radius 3 is 2.76 bits per heavy atom. The summed E-state index contributed by atoms with van der Waals surface area (Å²) in [4.78, 5) is 0. The van der Waals surface area contributed by atoms with Gasteiger partial charge in [0.15, 0.2) is 0 Å². The summed E-state index contributed by atoms with van der Waals surface area (Å²) in [6.45, 7) is 7.07.